The number of halogens is 1. The van der Waals surface area contributed by atoms with Crippen molar-refractivity contribution in [1.82, 2.24) is 9.38 Å². The molecule has 2 atom stereocenters. The minimum atomic E-state index is 0.355. The average molecular weight is 255 g/mol. The van der Waals surface area contributed by atoms with Crippen LogP contribution in [-0.4, -0.2) is 14.8 Å². The highest BCUT2D eigenvalue weighted by molar-refractivity contribution is 7.15. The SMILES string of the molecule is ClC1CCCCC1Cc1cn2ccsc2n1. The molecule has 2 unspecified atom stereocenters. The van der Waals surface area contributed by atoms with Crippen LogP contribution in [-0.2, 0) is 6.42 Å². The second-order valence-corrected chi connectivity index (χ2v) is 6.02. The summed E-state index contributed by atoms with van der Waals surface area (Å²) in [4.78, 5) is 5.72. The second-order valence-electron chi connectivity index (χ2n) is 4.59. The fraction of sp³-hybridized carbons (Fsp3) is 0.583. The Balaban J connectivity index is 1.76. The van der Waals surface area contributed by atoms with Gasteiger partial charge in [0.25, 0.3) is 0 Å². The number of thiazole rings is 1. The van der Waals surface area contributed by atoms with Gasteiger partial charge in [-0.1, -0.05) is 12.8 Å². The number of rotatable bonds is 2. The summed E-state index contributed by atoms with van der Waals surface area (Å²) in [6.45, 7) is 0. The van der Waals surface area contributed by atoms with Crippen molar-refractivity contribution in [2.75, 3.05) is 0 Å². The van der Waals surface area contributed by atoms with E-state index in [1.165, 1.54) is 31.4 Å². The molecular formula is C12H15ClN2S. The predicted molar refractivity (Wildman–Crippen MR) is 68.4 cm³/mol. The number of hydrogen-bond donors (Lipinski definition) is 0. The molecule has 0 amide bonds. The molecule has 1 aliphatic carbocycles. The molecule has 2 heterocycles. The monoisotopic (exact) mass is 254 g/mol. The molecule has 16 heavy (non-hydrogen) atoms. The van der Waals surface area contributed by atoms with Gasteiger partial charge in [0.2, 0.25) is 0 Å². The summed E-state index contributed by atoms with van der Waals surface area (Å²) in [6.07, 6.45) is 10.3. The molecule has 0 aromatic carbocycles. The van der Waals surface area contributed by atoms with Crippen LogP contribution in [0.2, 0.25) is 0 Å². The fourth-order valence-corrected chi connectivity index (χ4v) is 3.62. The zero-order chi connectivity index (χ0) is 11.0. The second kappa shape index (κ2) is 4.38. The third-order valence-electron chi connectivity index (χ3n) is 3.43. The van der Waals surface area contributed by atoms with Crippen LogP contribution >= 0.6 is 22.9 Å². The quantitative estimate of drug-likeness (QED) is 0.747. The van der Waals surface area contributed by atoms with Crippen LogP contribution in [0.1, 0.15) is 31.4 Å². The van der Waals surface area contributed by atoms with Gasteiger partial charge in [0.05, 0.1) is 5.69 Å². The molecule has 2 nitrogen and oxygen atoms in total. The summed E-state index contributed by atoms with van der Waals surface area (Å²) >= 11 is 8.06. The van der Waals surface area contributed by atoms with Gasteiger partial charge in [0.15, 0.2) is 4.96 Å². The van der Waals surface area contributed by atoms with Crippen molar-refractivity contribution in [3.05, 3.63) is 23.5 Å². The van der Waals surface area contributed by atoms with Gasteiger partial charge in [-0.05, 0) is 25.2 Å². The van der Waals surface area contributed by atoms with Crippen LogP contribution in [0.15, 0.2) is 17.8 Å². The van der Waals surface area contributed by atoms with E-state index in [0.717, 1.165) is 11.4 Å². The lowest BCUT2D eigenvalue weighted by atomic mass is 9.86. The highest BCUT2D eigenvalue weighted by Gasteiger charge is 2.24. The Morgan fingerprint density at radius 1 is 1.44 bits per heavy atom. The van der Waals surface area contributed by atoms with Gasteiger partial charge in [-0.15, -0.1) is 22.9 Å². The zero-order valence-electron chi connectivity index (χ0n) is 9.10. The van der Waals surface area contributed by atoms with Gasteiger partial charge in [-0.2, -0.15) is 0 Å². The first-order chi connectivity index (χ1) is 7.83. The maximum Gasteiger partial charge on any atom is 0.193 e. The first-order valence-corrected chi connectivity index (χ1v) is 7.19. The van der Waals surface area contributed by atoms with Gasteiger partial charge in [-0.25, -0.2) is 4.98 Å². The van der Waals surface area contributed by atoms with E-state index in [2.05, 4.69) is 27.2 Å². The normalized spacial score (nSPS) is 26.3. The molecule has 0 radical (unpaired) electrons. The standard InChI is InChI=1S/C12H15ClN2S/c13-11-4-2-1-3-9(11)7-10-8-15-5-6-16-12(15)14-10/h5-6,8-9,11H,1-4,7H2. The maximum absolute atomic E-state index is 6.37. The molecule has 3 rings (SSSR count). The van der Waals surface area contributed by atoms with Crippen LogP contribution in [0.4, 0.5) is 0 Å². The van der Waals surface area contributed by atoms with Crippen LogP contribution in [0, 0.1) is 5.92 Å². The van der Waals surface area contributed by atoms with Gasteiger partial charge >= 0.3 is 0 Å². The van der Waals surface area contributed by atoms with Crippen LogP contribution in [0.25, 0.3) is 4.96 Å². The smallest absolute Gasteiger partial charge is 0.193 e. The molecule has 1 aliphatic rings. The van der Waals surface area contributed by atoms with Crippen molar-refractivity contribution in [3.8, 4) is 0 Å². The van der Waals surface area contributed by atoms with Crippen molar-refractivity contribution in [3.63, 3.8) is 0 Å². The summed E-state index contributed by atoms with van der Waals surface area (Å²) in [7, 11) is 0. The van der Waals surface area contributed by atoms with Gasteiger partial charge in [-0.3, -0.25) is 4.40 Å². The number of nitrogens with zero attached hydrogens (tertiary/aromatic N) is 2. The molecule has 1 fully saturated rings. The van der Waals surface area contributed by atoms with Gasteiger partial charge in [0.1, 0.15) is 0 Å². The minimum Gasteiger partial charge on any atom is -0.297 e. The Bertz CT molecular complexity index is 448. The summed E-state index contributed by atoms with van der Waals surface area (Å²) in [5.74, 6) is 0.625. The van der Waals surface area contributed by atoms with Gasteiger partial charge < -0.3 is 0 Å². The number of aromatic nitrogens is 2. The third-order valence-corrected chi connectivity index (χ3v) is 4.78. The van der Waals surface area contributed by atoms with Crippen molar-refractivity contribution in [2.45, 2.75) is 37.5 Å². The fourth-order valence-electron chi connectivity index (χ4n) is 2.54. The topological polar surface area (TPSA) is 17.3 Å². The number of hydrogen-bond acceptors (Lipinski definition) is 2. The highest BCUT2D eigenvalue weighted by Crippen LogP contribution is 2.31. The lowest BCUT2D eigenvalue weighted by Gasteiger charge is -2.26. The summed E-state index contributed by atoms with van der Waals surface area (Å²) in [6, 6.07) is 0. The zero-order valence-corrected chi connectivity index (χ0v) is 10.7. The molecule has 0 bridgehead atoms. The van der Waals surface area contributed by atoms with E-state index in [0.29, 0.717) is 11.3 Å². The van der Waals surface area contributed by atoms with Crippen molar-refractivity contribution in [2.24, 2.45) is 5.92 Å². The molecule has 2 aromatic heterocycles. The van der Waals surface area contributed by atoms with E-state index in [-0.39, 0.29) is 0 Å². The van der Waals surface area contributed by atoms with E-state index < -0.39 is 0 Å². The maximum atomic E-state index is 6.37. The Hall–Kier alpha value is -0.540. The number of fused-ring (bicyclic) bond motifs is 1. The predicted octanol–water partition coefficient (Wildman–Crippen LogP) is 3.74. The van der Waals surface area contributed by atoms with Crippen LogP contribution in [0.5, 0.6) is 0 Å². The van der Waals surface area contributed by atoms with E-state index in [1.807, 2.05) is 0 Å². The average Bonchev–Trinajstić information content (AvgIpc) is 2.81. The largest absolute Gasteiger partial charge is 0.297 e. The molecule has 0 aliphatic heterocycles. The molecule has 0 N–H and O–H groups in total. The molecule has 2 aromatic rings. The third kappa shape index (κ3) is 1.98. The minimum absolute atomic E-state index is 0.355. The van der Waals surface area contributed by atoms with Crippen molar-refractivity contribution < 1.29 is 0 Å². The summed E-state index contributed by atoms with van der Waals surface area (Å²) in [5, 5.41) is 2.42. The van der Waals surface area contributed by atoms with E-state index >= 15 is 0 Å². The first-order valence-electron chi connectivity index (χ1n) is 5.88. The molecule has 4 heteroatoms. The molecule has 1 saturated carbocycles. The molecule has 86 valence electrons. The van der Waals surface area contributed by atoms with E-state index in [9.17, 15) is 0 Å². The lowest BCUT2D eigenvalue weighted by Crippen LogP contribution is -2.21. The van der Waals surface area contributed by atoms with Crippen molar-refractivity contribution >= 4 is 27.9 Å². The van der Waals surface area contributed by atoms with Gasteiger partial charge in [0, 0.05) is 23.2 Å². The Kier molecular flexibility index (Phi) is 2.90. The summed E-state index contributed by atoms with van der Waals surface area (Å²) in [5.41, 5.74) is 1.20. The van der Waals surface area contributed by atoms with E-state index in [1.54, 1.807) is 11.3 Å². The van der Waals surface area contributed by atoms with E-state index in [4.69, 9.17) is 11.6 Å². The summed E-state index contributed by atoms with van der Waals surface area (Å²) < 4.78 is 2.10. The van der Waals surface area contributed by atoms with Crippen LogP contribution in [0.3, 0.4) is 0 Å². The Labute approximate surface area is 104 Å². The Morgan fingerprint density at radius 3 is 3.12 bits per heavy atom. The first kappa shape index (κ1) is 10.6. The van der Waals surface area contributed by atoms with Crippen LogP contribution < -0.4 is 0 Å². The Morgan fingerprint density at radius 2 is 2.31 bits per heavy atom. The number of alkyl halides is 1. The molecular weight excluding hydrogens is 240 g/mol. The lowest BCUT2D eigenvalue weighted by molar-refractivity contribution is 0.362. The number of imidazole rings is 1. The van der Waals surface area contributed by atoms with Crippen molar-refractivity contribution in [1.29, 1.82) is 0 Å². The highest BCUT2D eigenvalue weighted by atomic mass is 35.5. The molecule has 0 saturated heterocycles. The molecule has 0 spiro atoms.